The zero-order chi connectivity index (χ0) is 17.9. The van der Waals surface area contributed by atoms with E-state index >= 15 is 0 Å². The van der Waals surface area contributed by atoms with Crippen molar-refractivity contribution in [2.45, 2.75) is 6.04 Å². The third-order valence-corrected chi connectivity index (χ3v) is 5.58. The number of anilines is 2. The fourth-order valence-electron chi connectivity index (χ4n) is 3.59. The highest BCUT2D eigenvalue weighted by Crippen LogP contribution is 2.19. The molecule has 0 saturated carbocycles. The smallest absolute Gasteiger partial charge is 0.259 e. The average molecular weight is 416 g/mol. The predicted molar refractivity (Wildman–Crippen MR) is 107 cm³/mol. The average Bonchev–Trinajstić information content (AvgIpc) is 2.69. The number of carbonyl (C=O) groups excluding carboxylic acids is 1. The molecule has 1 amide bonds. The Morgan fingerprint density at radius 1 is 1.15 bits per heavy atom. The van der Waals surface area contributed by atoms with E-state index in [1.54, 1.807) is 18.3 Å². The number of benzene rings is 1. The van der Waals surface area contributed by atoms with Crippen molar-refractivity contribution in [2.24, 2.45) is 0 Å². The van der Waals surface area contributed by atoms with Gasteiger partial charge in [0, 0.05) is 61.7 Å². The number of rotatable bonds is 5. The van der Waals surface area contributed by atoms with E-state index in [-0.39, 0.29) is 5.91 Å². The maximum Gasteiger partial charge on any atom is 0.259 e. The number of fused-ring (bicyclic) bond motifs is 3. The van der Waals surface area contributed by atoms with Crippen LogP contribution in [-0.2, 0) is 0 Å². The van der Waals surface area contributed by atoms with Crippen molar-refractivity contribution in [3.8, 4) is 0 Å². The summed E-state index contributed by atoms with van der Waals surface area (Å²) in [6.45, 7) is 6.48. The Kier molecular flexibility index (Phi) is 5.19. The molecule has 3 aliphatic heterocycles. The lowest BCUT2D eigenvalue weighted by Gasteiger charge is -2.47. The molecule has 3 fully saturated rings. The van der Waals surface area contributed by atoms with Crippen LogP contribution in [0.25, 0.3) is 0 Å². The van der Waals surface area contributed by atoms with Gasteiger partial charge >= 0.3 is 0 Å². The van der Waals surface area contributed by atoms with Crippen LogP contribution in [0, 0.1) is 0 Å². The van der Waals surface area contributed by atoms with Crippen LogP contribution < -0.4 is 10.6 Å². The van der Waals surface area contributed by atoms with Crippen molar-refractivity contribution in [1.29, 1.82) is 0 Å². The van der Waals surface area contributed by atoms with Crippen molar-refractivity contribution in [1.82, 2.24) is 14.8 Å². The topological polar surface area (TPSA) is 60.5 Å². The van der Waals surface area contributed by atoms with Gasteiger partial charge in [0.2, 0.25) is 0 Å². The van der Waals surface area contributed by atoms with Crippen molar-refractivity contribution < 1.29 is 4.79 Å². The highest BCUT2D eigenvalue weighted by atomic mass is 79.9. The van der Waals surface area contributed by atoms with Crippen molar-refractivity contribution in [3.63, 3.8) is 0 Å². The van der Waals surface area contributed by atoms with Gasteiger partial charge in [-0.25, -0.2) is 4.98 Å². The number of halogens is 1. The van der Waals surface area contributed by atoms with Crippen LogP contribution in [0.5, 0.6) is 0 Å². The van der Waals surface area contributed by atoms with Crippen LogP contribution in [-0.4, -0.2) is 66.0 Å². The third-order valence-electron chi connectivity index (χ3n) is 5.05. The van der Waals surface area contributed by atoms with E-state index in [0.29, 0.717) is 17.4 Å². The summed E-state index contributed by atoms with van der Waals surface area (Å²) in [5.41, 5.74) is 1.32. The van der Waals surface area contributed by atoms with Gasteiger partial charge < -0.3 is 10.6 Å². The number of nitrogens with zero attached hydrogens (tertiary/aromatic N) is 3. The first kappa shape index (κ1) is 17.5. The van der Waals surface area contributed by atoms with E-state index in [2.05, 4.69) is 41.3 Å². The molecule has 136 valence electrons. The molecule has 1 aromatic heterocycles. The first-order valence-corrected chi connectivity index (χ1v) is 9.70. The van der Waals surface area contributed by atoms with Crippen molar-refractivity contribution in [3.05, 3.63) is 52.6 Å². The molecule has 1 unspecified atom stereocenters. The van der Waals surface area contributed by atoms with Gasteiger partial charge in [0.15, 0.2) is 0 Å². The molecule has 7 heteroatoms. The zero-order valence-corrected chi connectivity index (χ0v) is 16.1. The zero-order valence-electron chi connectivity index (χ0n) is 14.5. The SMILES string of the molecule is O=C(Nc1ccc(Br)cc1)c1cccnc1NCC1CN2CCN1CC2. The summed E-state index contributed by atoms with van der Waals surface area (Å²) in [4.78, 5) is 22.1. The second kappa shape index (κ2) is 7.73. The number of carbonyl (C=O) groups is 1. The first-order valence-electron chi connectivity index (χ1n) is 8.91. The molecule has 3 saturated heterocycles. The Bertz CT molecular complexity index is 774. The number of piperazine rings is 3. The molecule has 0 radical (unpaired) electrons. The molecular weight excluding hydrogens is 394 g/mol. The normalized spacial score (nSPS) is 24.3. The molecule has 0 spiro atoms. The Balaban J connectivity index is 1.42. The number of amides is 1. The lowest BCUT2D eigenvalue weighted by molar-refractivity contribution is 0.0189. The fraction of sp³-hybridized carbons (Fsp3) is 0.368. The van der Waals surface area contributed by atoms with Crippen molar-refractivity contribution >= 4 is 33.3 Å². The van der Waals surface area contributed by atoms with E-state index in [4.69, 9.17) is 0 Å². The van der Waals surface area contributed by atoms with Gasteiger partial charge in [-0.3, -0.25) is 14.6 Å². The molecule has 5 rings (SSSR count). The summed E-state index contributed by atoms with van der Waals surface area (Å²) in [6.07, 6.45) is 1.72. The lowest BCUT2D eigenvalue weighted by atomic mass is 10.1. The van der Waals surface area contributed by atoms with Crippen LogP contribution in [0.3, 0.4) is 0 Å². The van der Waals surface area contributed by atoms with Gasteiger partial charge in [0.25, 0.3) is 5.91 Å². The number of aromatic nitrogens is 1. The maximum atomic E-state index is 12.7. The molecule has 3 aliphatic rings. The minimum atomic E-state index is -0.155. The molecule has 1 atom stereocenters. The van der Waals surface area contributed by atoms with Gasteiger partial charge in [-0.05, 0) is 36.4 Å². The summed E-state index contributed by atoms with van der Waals surface area (Å²) in [6, 6.07) is 11.6. The van der Waals surface area contributed by atoms with Crippen LogP contribution in [0.15, 0.2) is 47.1 Å². The first-order chi connectivity index (χ1) is 12.7. The standard InChI is InChI=1S/C19H22BrN5O/c20-14-3-5-15(6-4-14)23-19(26)17-2-1-7-21-18(17)22-12-16-13-24-8-10-25(16)11-9-24/h1-7,16H,8-13H2,(H,21,22)(H,23,26). The van der Waals surface area contributed by atoms with Crippen LogP contribution >= 0.6 is 15.9 Å². The van der Waals surface area contributed by atoms with E-state index < -0.39 is 0 Å². The van der Waals surface area contributed by atoms with E-state index in [1.165, 1.54) is 13.1 Å². The van der Waals surface area contributed by atoms with Crippen LogP contribution in [0.4, 0.5) is 11.5 Å². The van der Waals surface area contributed by atoms with Gasteiger partial charge in [-0.15, -0.1) is 0 Å². The van der Waals surface area contributed by atoms with Crippen molar-refractivity contribution in [2.75, 3.05) is 49.9 Å². The van der Waals surface area contributed by atoms with Gasteiger partial charge in [0.1, 0.15) is 5.82 Å². The van der Waals surface area contributed by atoms with E-state index in [0.717, 1.165) is 36.3 Å². The molecule has 26 heavy (non-hydrogen) atoms. The molecule has 6 nitrogen and oxygen atoms in total. The largest absolute Gasteiger partial charge is 0.368 e. The molecule has 2 N–H and O–H groups in total. The summed E-state index contributed by atoms with van der Waals surface area (Å²) in [5.74, 6) is 0.483. The Labute approximate surface area is 161 Å². The molecule has 0 aliphatic carbocycles. The van der Waals surface area contributed by atoms with Gasteiger partial charge in [0.05, 0.1) is 5.56 Å². The number of hydrogen-bond donors (Lipinski definition) is 2. The minimum Gasteiger partial charge on any atom is -0.368 e. The summed E-state index contributed by atoms with van der Waals surface area (Å²) in [7, 11) is 0. The van der Waals surface area contributed by atoms with E-state index in [1.807, 2.05) is 24.3 Å². The van der Waals surface area contributed by atoms with Gasteiger partial charge in [-0.2, -0.15) is 0 Å². The maximum absolute atomic E-state index is 12.7. The molecular formula is C19H22BrN5O. The summed E-state index contributed by atoms with van der Waals surface area (Å²) >= 11 is 3.40. The monoisotopic (exact) mass is 415 g/mol. The molecule has 4 heterocycles. The molecule has 2 aromatic rings. The Morgan fingerprint density at radius 3 is 2.62 bits per heavy atom. The number of pyridine rings is 1. The third kappa shape index (κ3) is 3.90. The second-order valence-electron chi connectivity index (χ2n) is 6.73. The Hall–Kier alpha value is -1.96. The predicted octanol–water partition coefficient (Wildman–Crippen LogP) is 2.51. The lowest BCUT2D eigenvalue weighted by Crippen LogP contribution is -2.62. The highest BCUT2D eigenvalue weighted by Gasteiger charge is 2.31. The highest BCUT2D eigenvalue weighted by molar-refractivity contribution is 9.10. The fourth-order valence-corrected chi connectivity index (χ4v) is 3.86. The van der Waals surface area contributed by atoms with Crippen LogP contribution in [0.2, 0.25) is 0 Å². The van der Waals surface area contributed by atoms with E-state index in [9.17, 15) is 4.79 Å². The van der Waals surface area contributed by atoms with Gasteiger partial charge in [-0.1, -0.05) is 15.9 Å². The summed E-state index contributed by atoms with van der Waals surface area (Å²) < 4.78 is 0.978. The minimum absolute atomic E-state index is 0.155. The molecule has 2 bridgehead atoms. The Morgan fingerprint density at radius 2 is 1.92 bits per heavy atom. The molecule has 1 aromatic carbocycles. The second-order valence-corrected chi connectivity index (χ2v) is 7.65. The van der Waals surface area contributed by atoms with Crippen LogP contribution in [0.1, 0.15) is 10.4 Å². The summed E-state index contributed by atoms with van der Waals surface area (Å²) in [5, 5.41) is 6.33. The number of hydrogen-bond acceptors (Lipinski definition) is 5. The number of nitrogens with one attached hydrogen (secondary N) is 2. The quantitative estimate of drug-likeness (QED) is 0.785.